The molecule has 5 rings (SSSR count). The van der Waals surface area contributed by atoms with Crippen LogP contribution in [-0.2, 0) is 17.8 Å². The van der Waals surface area contributed by atoms with Gasteiger partial charge in [-0.05, 0) is 25.3 Å². The Labute approximate surface area is 209 Å². The first-order chi connectivity index (χ1) is 17.7. The number of nitrogens with zero attached hydrogens (tertiary/aromatic N) is 8. The first-order valence-electron chi connectivity index (χ1n) is 12.6. The topological polar surface area (TPSA) is 145 Å². The van der Waals surface area contributed by atoms with Crippen LogP contribution in [0.15, 0.2) is 24.7 Å². The molecule has 192 valence electrons. The van der Waals surface area contributed by atoms with Gasteiger partial charge in [-0.15, -0.1) is 0 Å². The molecule has 36 heavy (non-hydrogen) atoms. The minimum atomic E-state index is 0.0242. The molecule has 1 aliphatic rings. The largest absolute Gasteiger partial charge is 0.395 e. The summed E-state index contributed by atoms with van der Waals surface area (Å²) in [6, 6.07) is 4.63. The second-order valence-corrected chi connectivity index (χ2v) is 9.14. The van der Waals surface area contributed by atoms with E-state index in [2.05, 4.69) is 44.4 Å². The van der Waals surface area contributed by atoms with Crippen molar-refractivity contribution in [3.8, 4) is 0 Å². The normalized spacial score (nSPS) is 14.7. The molecule has 0 unspecified atom stereocenters. The van der Waals surface area contributed by atoms with Crippen LogP contribution >= 0.6 is 0 Å². The second-order valence-electron chi connectivity index (χ2n) is 9.14. The van der Waals surface area contributed by atoms with Crippen LogP contribution < -0.4 is 16.0 Å². The summed E-state index contributed by atoms with van der Waals surface area (Å²) in [6.45, 7) is 6.21. The molecular formula is C24H34N10O2. The Hall–Kier alpha value is -3.35. The predicted octanol–water partition coefficient (Wildman–Crippen LogP) is 1.37. The Morgan fingerprint density at radius 2 is 2.08 bits per heavy atom. The van der Waals surface area contributed by atoms with E-state index in [0.717, 1.165) is 62.3 Å². The zero-order valence-electron chi connectivity index (χ0n) is 20.7. The Morgan fingerprint density at radius 1 is 1.22 bits per heavy atom. The fourth-order valence-corrected chi connectivity index (χ4v) is 4.65. The van der Waals surface area contributed by atoms with Gasteiger partial charge in [0.2, 0.25) is 5.95 Å². The standard InChI is InChI=1S/C24H34N10O2/c1-2-3-8-32(9-10-35)23-21-20(29-24(25)30-23)15-33(31-21)14-17-4-5-19(34-22(17)27-16-28-34)13-26-18-6-11-36-12-7-18/h4-5,15-16,18,26,35H,2-3,6-14H2,1H3,(H2,25,29). The molecule has 0 aliphatic carbocycles. The zero-order valence-corrected chi connectivity index (χ0v) is 20.7. The Balaban J connectivity index is 1.40. The number of aromatic nitrogens is 7. The molecule has 1 aliphatic heterocycles. The van der Waals surface area contributed by atoms with Gasteiger partial charge in [-0.3, -0.25) is 4.68 Å². The maximum atomic E-state index is 9.59. The van der Waals surface area contributed by atoms with Gasteiger partial charge in [0.1, 0.15) is 11.8 Å². The van der Waals surface area contributed by atoms with Crippen molar-refractivity contribution in [3.05, 3.63) is 35.9 Å². The molecule has 0 aromatic carbocycles. The summed E-state index contributed by atoms with van der Waals surface area (Å²) < 4.78 is 9.18. The summed E-state index contributed by atoms with van der Waals surface area (Å²) in [5, 5.41) is 22.5. The summed E-state index contributed by atoms with van der Waals surface area (Å²) in [5.41, 5.74) is 10.2. The quantitative estimate of drug-likeness (QED) is 0.279. The van der Waals surface area contributed by atoms with Gasteiger partial charge >= 0.3 is 0 Å². The summed E-state index contributed by atoms with van der Waals surface area (Å²) in [5.74, 6) is 0.846. The lowest BCUT2D eigenvalue weighted by Gasteiger charge is -2.23. The van der Waals surface area contributed by atoms with Gasteiger partial charge in [-0.1, -0.05) is 19.4 Å². The van der Waals surface area contributed by atoms with Crippen molar-refractivity contribution >= 4 is 28.4 Å². The predicted molar refractivity (Wildman–Crippen MR) is 137 cm³/mol. The number of fused-ring (bicyclic) bond motifs is 2. The molecule has 0 bridgehead atoms. The van der Waals surface area contributed by atoms with Crippen molar-refractivity contribution in [2.75, 3.05) is 43.5 Å². The van der Waals surface area contributed by atoms with E-state index in [9.17, 15) is 5.11 Å². The fourth-order valence-electron chi connectivity index (χ4n) is 4.65. The summed E-state index contributed by atoms with van der Waals surface area (Å²) in [6.07, 6.45) is 7.52. The van der Waals surface area contributed by atoms with Crippen molar-refractivity contribution in [1.29, 1.82) is 0 Å². The van der Waals surface area contributed by atoms with E-state index < -0.39 is 0 Å². The van der Waals surface area contributed by atoms with Crippen LogP contribution in [0.3, 0.4) is 0 Å². The molecule has 1 fully saturated rings. The summed E-state index contributed by atoms with van der Waals surface area (Å²) in [7, 11) is 0. The molecule has 4 aromatic heterocycles. The number of aliphatic hydroxyl groups excluding tert-OH is 1. The minimum Gasteiger partial charge on any atom is -0.395 e. The lowest BCUT2D eigenvalue weighted by Crippen LogP contribution is -2.34. The van der Waals surface area contributed by atoms with Crippen LogP contribution in [0.2, 0.25) is 0 Å². The molecule has 0 atom stereocenters. The number of nitrogens with two attached hydrogens (primary N) is 1. The number of hydrogen-bond donors (Lipinski definition) is 3. The van der Waals surface area contributed by atoms with Gasteiger partial charge in [0.25, 0.3) is 0 Å². The Morgan fingerprint density at radius 3 is 2.89 bits per heavy atom. The number of ether oxygens (including phenoxy) is 1. The third-order valence-corrected chi connectivity index (χ3v) is 6.57. The highest BCUT2D eigenvalue weighted by molar-refractivity contribution is 5.86. The SMILES string of the molecule is CCCCN(CCO)c1nc(N)nc2cn(Cc3ccc(CNC4CCOCC4)n4ncnc34)nc12. The smallest absolute Gasteiger partial charge is 0.222 e. The minimum absolute atomic E-state index is 0.0242. The maximum Gasteiger partial charge on any atom is 0.222 e. The third-order valence-electron chi connectivity index (χ3n) is 6.57. The molecular weight excluding hydrogens is 460 g/mol. The van der Waals surface area contributed by atoms with Gasteiger partial charge in [0.15, 0.2) is 17.0 Å². The van der Waals surface area contributed by atoms with E-state index in [-0.39, 0.29) is 12.6 Å². The highest BCUT2D eigenvalue weighted by Crippen LogP contribution is 2.24. The Kier molecular flexibility index (Phi) is 7.54. The molecule has 0 spiro atoms. The van der Waals surface area contributed by atoms with E-state index in [0.29, 0.717) is 42.5 Å². The van der Waals surface area contributed by atoms with E-state index in [4.69, 9.17) is 15.6 Å². The van der Waals surface area contributed by atoms with Crippen LogP contribution in [0.4, 0.5) is 11.8 Å². The van der Waals surface area contributed by atoms with Gasteiger partial charge in [-0.2, -0.15) is 15.2 Å². The van der Waals surface area contributed by atoms with E-state index in [1.54, 1.807) is 6.33 Å². The van der Waals surface area contributed by atoms with Gasteiger partial charge < -0.3 is 25.8 Å². The molecule has 5 heterocycles. The molecule has 4 N–H and O–H groups in total. The van der Waals surface area contributed by atoms with Crippen molar-refractivity contribution in [2.45, 2.75) is 51.7 Å². The van der Waals surface area contributed by atoms with Crippen molar-refractivity contribution in [3.63, 3.8) is 0 Å². The Bertz CT molecular complexity index is 1300. The van der Waals surface area contributed by atoms with Crippen LogP contribution in [0, 0.1) is 0 Å². The van der Waals surface area contributed by atoms with E-state index in [1.165, 1.54) is 0 Å². The number of aliphatic hydroxyl groups is 1. The van der Waals surface area contributed by atoms with E-state index in [1.807, 2.05) is 20.3 Å². The number of hydrogen-bond acceptors (Lipinski definition) is 10. The second kappa shape index (κ2) is 11.1. The van der Waals surface area contributed by atoms with Crippen LogP contribution in [0.1, 0.15) is 43.9 Å². The first kappa shape index (κ1) is 24.3. The van der Waals surface area contributed by atoms with Gasteiger partial charge in [0, 0.05) is 44.5 Å². The fraction of sp³-hybridized carbons (Fsp3) is 0.542. The number of nitrogen functional groups attached to an aromatic ring is 1. The van der Waals surface area contributed by atoms with Gasteiger partial charge in [-0.25, -0.2) is 14.5 Å². The average molecular weight is 495 g/mol. The number of rotatable bonds is 11. The molecule has 12 nitrogen and oxygen atoms in total. The number of pyridine rings is 1. The molecule has 0 amide bonds. The van der Waals surface area contributed by atoms with Crippen molar-refractivity contribution < 1.29 is 9.84 Å². The third kappa shape index (κ3) is 5.25. The number of nitrogens with one attached hydrogen (secondary N) is 1. The monoisotopic (exact) mass is 494 g/mol. The van der Waals surface area contributed by atoms with Gasteiger partial charge in [0.05, 0.1) is 25.0 Å². The highest BCUT2D eigenvalue weighted by atomic mass is 16.5. The highest BCUT2D eigenvalue weighted by Gasteiger charge is 2.18. The van der Waals surface area contributed by atoms with Crippen LogP contribution in [0.25, 0.3) is 16.7 Å². The van der Waals surface area contributed by atoms with Crippen LogP contribution in [0.5, 0.6) is 0 Å². The molecule has 12 heteroatoms. The number of unbranched alkanes of at least 4 members (excludes halogenated alkanes) is 1. The lowest BCUT2D eigenvalue weighted by molar-refractivity contribution is 0.0775. The zero-order chi connectivity index (χ0) is 24.9. The molecule has 0 radical (unpaired) electrons. The molecule has 4 aromatic rings. The summed E-state index contributed by atoms with van der Waals surface area (Å²) >= 11 is 0. The first-order valence-corrected chi connectivity index (χ1v) is 12.6. The van der Waals surface area contributed by atoms with Crippen molar-refractivity contribution in [2.24, 2.45) is 0 Å². The molecule has 1 saturated heterocycles. The number of anilines is 2. The van der Waals surface area contributed by atoms with Crippen LogP contribution in [-0.4, -0.2) is 78.4 Å². The summed E-state index contributed by atoms with van der Waals surface area (Å²) in [4.78, 5) is 15.4. The molecule has 0 saturated carbocycles. The lowest BCUT2D eigenvalue weighted by atomic mass is 10.1. The average Bonchev–Trinajstić information content (AvgIpc) is 3.54. The maximum absolute atomic E-state index is 9.59. The van der Waals surface area contributed by atoms with Crippen molar-refractivity contribution in [1.82, 2.24) is 39.7 Å². The van der Waals surface area contributed by atoms with E-state index >= 15 is 0 Å².